The number of imide groups is 1. The van der Waals surface area contributed by atoms with E-state index in [0.717, 1.165) is 36.9 Å². The second kappa shape index (κ2) is 10.1. The first kappa shape index (κ1) is 23.4. The van der Waals surface area contributed by atoms with Crippen LogP contribution in [0.3, 0.4) is 0 Å². The van der Waals surface area contributed by atoms with Gasteiger partial charge in [0.15, 0.2) is 5.82 Å². The van der Waals surface area contributed by atoms with Crippen molar-refractivity contribution in [2.24, 2.45) is 11.8 Å². The van der Waals surface area contributed by atoms with Gasteiger partial charge in [-0.05, 0) is 25.0 Å². The average Bonchev–Trinajstić information content (AvgIpc) is 3.47. The number of nitrogens with one attached hydrogen (secondary N) is 2. The van der Waals surface area contributed by atoms with Crippen molar-refractivity contribution in [2.45, 2.75) is 32.1 Å². The maximum atomic E-state index is 12.7. The van der Waals surface area contributed by atoms with Crippen LogP contribution in [0, 0.1) is 11.8 Å². The number of likely N-dealkylation sites (tertiary alicyclic amines) is 1. The van der Waals surface area contributed by atoms with E-state index in [4.69, 9.17) is 0 Å². The molecule has 2 aromatic carbocycles. The molecular formula is C26H26N6O4. The number of benzene rings is 2. The molecule has 2 aliphatic rings. The topological polar surface area (TPSA) is 126 Å². The van der Waals surface area contributed by atoms with E-state index in [2.05, 4.69) is 20.9 Å². The molecule has 0 radical (unpaired) electrons. The lowest BCUT2D eigenvalue weighted by Gasteiger charge is -2.19. The Morgan fingerprint density at radius 1 is 0.861 bits per heavy atom. The van der Waals surface area contributed by atoms with E-state index in [1.807, 2.05) is 60.7 Å². The van der Waals surface area contributed by atoms with Crippen LogP contribution in [0.25, 0.3) is 17.1 Å². The first-order chi connectivity index (χ1) is 17.5. The Kier molecular flexibility index (Phi) is 6.57. The number of amides is 4. The molecule has 5 rings (SSSR count). The summed E-state index contributed by atoms with van der Waals surface area (Å²) in [5, 5.41) is 4.35. The Hall–Kier alpha value is -4.34. The first-order valence-corrected chi connectivity index (χ1v) is 12.1. The molecule has 1 saturated heterocycles. The molecule has 2 atom stereocenters. The van der Waals surface area contributed by atoms with Crippen LogP contribution in [-0.4, -0.2) is 49.8 Å². The van der Waals surface area contributed by atoms with Crippen LogP contribution < -0.4 is 10.9 Å². The number of hydrogen-bond donors (Lipinski definition) is 2. The van der Waals surface area contributed by atoms with Crippen LogP contribution in [-0.2, 0) is 14.4 Å². The van der Waals surface area contributed by atoms with E-state index in [1.54, 1.807) is 4.68 Å². The standard InChI is InChI=1S/C26H26N6O4/c33-21(15-16-31-25(35)19-13-7-8-14-20(19)26(31)36)28-29-24(34)22-27-23(17-9-3-1-4-10-17)32(30-22)18-11-5-2-6-12-18/h1-6,9-12,19-20H,7-8,13-16H2,(H,28,33)(H,29,34). The first-order valence-electron chi connectivity index (χ1n) is 12.1. The summed E-state index contributed by atoms with van der Waals surface area (Å²) in [6.45, 7) is -0.00852. The van der Waals surface area contributed by atoms with Crippen molar-refractivity contribution in [3.8, 4) is 17.1 Å². The van der Waals surface area contributed by atoms with Crippen molar-refractivity contribution in [3.05, 3.63) is 66.5 Å². The summed E-state index contributed by atoms with van der Waals surface area (Å²) >= 11 is 0. The summed E-state index contributed by atoms with van der Waals surface area (Å²) in [6, 6.07) is 18.6. The van der Waals surface area contributed by atoms with Crippen LogP contribution in [0.1, 0.15) is 42.7 Å². The highest BCUT2D eigenvalue weighted by Crippen LogP contribution is 2.37. The van der Waals surface area contributed by atoms with Gasteiger partial charge in [-0.15, -0.1) is 5.10 Å². The smallest absolute Gasteiger partial charge is 0.282 e. The molecule has 2 heterocycles. The van der Waals surface area contributed by atoms with Gasteiger partial charge < -0.3 is 0 Å². The molecular weight excluding hydrogens is 460 g/mol. The molecule has 1 saturated carbocycles. The highest BCUT2D eigenvalue weighted by atomic mass is 16.2. The van der Waals surface area contributed by atoms with Crippen LogP contribution in [0.4, 0.5) is 0 Å². The Morgan fingerprint density at radius 3 is 2.11 bits per heavy atom. The summed E-state index contributed by atoms with van der Waals surface area (Å²) in [5.41, 5.74) is 6.16. The van der Waals surface area contributed by atoms with Gasteiger partial charge in [0.25, 0.3) is 0 Å². The predicted octanol–water partition coefficient (Wildman–Crippen LogP) is 2.26. The second-order valence-corrected chi connectivity index (χ2v) is 8.95. The molecule has 0 spiro atoms. The fraction of sp³-hybridized carbons (Fsp3) is 0.308. The normalized spacial score (nSPS) is 19.2. The van der Waals surface area contributed by atoms with Gasteiger partial charge in [-0.3, -0.25) is 34.9 Å². The van der Waals surface area contributed by atoms with Crippen molar-refractivity contribution in [2.75, 3.05) is 6.54 Å². The van der Waals surface area contributed by atoms with Gasteiger partial charge in [0.1, 0.15) is 0 Å². The van der Waals surface area contributed by atoms with Crippen LogP contribution >= 0.6 is 0 Å². The third-order valence-electron chi connectivity index (χ3n) is 6.65. The zero-order valence-electron chi connectivity index (χ0n) is 19.6. The maximum absolute atomic E-state index is 12.7. The summed E-state index contributed by atoms with van der Waals surface area (Å²) in [7, 11) is 0. The Bertz CT molecular complexity index is 1210. The largest absolute Gasteiger partial charge is 0.309 e. The lowest BCUT2D eigenvalue weighted by molar-refractivity contribution is -0.140. The lowest BCUT2D eigenvalue weighted by Crippen LogP contribution is -2.43. The minimum Gasteiger partial charge on any atom is -0.282 e. The Labute approximate surface area is 207 Å². The molecule has 2 N–H and O–H groups in total. The molecule has 1 aromatic heterocycles. The number of para-hydroxylation sites is 1. The fourth-order valence-corrected chi connectivity index (χ4v) is 4.84. The summed E-state index contributed by atoms with van der Waals surface area (Å²) in [5.74, 6) is -1.73. The number of aromatic nitrogens is 3. The van der Waals surface area contributed by atoms with E-state index >= 15 is 0 Å². The predicted molar refractivity (Wildman–Crippen MR) is 129 cm³/mol. The Morgan fingerprint density at radius 2 is 1.47 bits per heavy atom. The van der Waals surface area contributed by atoms with Crippen molar-refractivity contribution < 1.29 is 19.2 Å². The molecule has 10 heteroatoms. The van der Waals surface area contributed by atoms with Gasteiger partial charge in [-0.2, -0.15) is 0 Å². The van der Waals surface area contributed by atoms with Crippen molar-refractivity contribution >= 4 is 23.6 Å². The van der Waals surface area contributed by atoms with Gasteiger partial charge in [-0.1, -0.05) is 61.4 Å². The van der Waals surface area contributed by atoms with Crippen LogP contribution in [0.2, 0.25) is 0 Å². The van der Waals surface area contributed by atoms with E-state index in [-0.39, 0.29) is 42.4 Å². The number of fused-ring (bicyclic) bond motifs is 1. The quantitative estimate of drug-likeness (QED) is 0.407. The number of rotatable bonds is 6. The second-order valence-electron chi connectivity index (χ2n) is 8.95. The van der Waals surface area contributed by atoms with Gasteiger partial charge in [0, 0.05) is 18.5 Å². The van der Waals surface area contributed by atoms with Crippen molar-refractivity contribution in [1.82, 2.24) is 30.5 Å². The number of carbonyl (C=O) groups excluding carboxylic acids is 4. The fourth-order valence-electron chi connectivity index (χ4n) is 4.84. The molecule has 3 aromatic rings. The number of hydrazine groups is 1. The average molecular weight is 487 g/mol. The van der Waals surface area contributed by atoms with Crippen LogP contribution in [0.5, 0.6) is 0 Å². The number of nitrogens with zero attached hydrogens (tertiary/aromatic N) is 4. The minimum absolute atomic E-state index is 0.00852. The Balaban J connectivity index is 1.22. The van der Waals surface area contributed by atoms with E-state index in [1.165, 1.54) is 4.90 Å². The lowest BCUT2D eigenvalue weighted by atomic mass is 9.81. The molecule has 1 aliphatic carbocycles. The molecule has 2 unspecified atom stereocenters. The highest BCUT2D eigenvalue weighted by Gasteiger charge is 2.47. The maximum Gasteiger partial charge on any atom is 0.309 e. The number of carbonyl (C=O) groups is 4. The third-order valence-corrected chi connectivity index (χ3v) is 6.65. The number of hydrogen-bond acceptors (Lipinski definition) is 6. The van der Waals surface area contributed by atoms with E-state index in [9.17, 15) is 19.2 Å². The molecule has 36 heavy (non-hydrogen) atoms. The van der Waals surface area contributed by atoms with E-state index < -0.39 is 11.8 Å². The zero-order chi connectivity index (χ0) is 25.1. The molecule has 0 bridgehead atoms. The zero-order valence-corrected chi connectivity index (χ0v) is 19.6. The van der Waals surface area contributed by atoms with Gasteiger partial charge in [-0.25, -0.2) is 9.67 Å². The SMILES string of the molecule is O=C(CCN1C(=O)C2CCCCC2C1=O)NNC(=O)c1nc(-c2ccccc2)n(-c2ccccc2)n1. The minimum atomic E-state index is -0.686. The molecule has 184 valence electrons. The summed E-state index contributed by atoms with van der Waals surface area (Å²) in [4.78, 5) is 55.8. The van der Waals surface area contributed by atoms with E-state index in [0.29, 0.717) is 5.82 Å². The molecule has 4 amide bonds. The van der Waals surface area contributed by atoms with Crippen molar-refractivity contribution in [1.29, 1.82) is 0 Å². The van der Waals surface area contributed by atoms with Gasteiger partial charge >= 0.3 is 5.91 Å². The van der Waals surface area contributed by atoms with Gasteiger partial charge in [0.05, 0.1) is 17.5 Å². The summed E-state index contributed by atoms with van der Waals surface area (Å²) in [6.07, 6.45) is 3.22. The highest BCUT2D eigenvalue weighted by molar-refractivity contribution is 6.05. The monoisotopic (exact) mass is 486 g/mol. The van der Waals surface area contributed by atoms with Crippen molar-refractivity contribution in [3.63, 3.8) is 0 Å². The molecule has 1 aliphatic heterocycles. The molecule has 2 fully saturated rings. The molecule has 10 nitrogen and oxygen atoms in total. The van der Waals surface area contributed by atoms with Gasteiger partial charge in [0.2, 0.25) is 23.5 Å². The van der Waals surface area contributed by atoms with Crippen LogP contribution in [0.15, 0.2) is 60.7 Å². The summed E-state index contributed by atoms with van der Waals surface area (Å²) < 4.78 is 1.57. The third kappa shape index (κ3) is 4.61.